The van der Waals surface area contributed by atoms with Crippen LogP contribution in [0.25, 0.3) is 0 Å². The first-order chi connectivity index (χ1) is 20.3. The lowest BCUT2D eigenvalue weighted by atomic mass is 10.0. The second kappa shape index (κ2) is 15.0. The minimum Gasteiger partial charge on any atom is -0.494 e. The number of aldehydes is 1. The minimum absolute atomic E-state index is 0.122. The molecule has 0 saturated carbocycles. The molecule has 0 spiro atoms. The van der Waals surface area contributed by atoms with Gasteiger partial charge in [0.2, 0.25) is 5.91 Å². The van der Waals surface area contributed by atoms with Gasteiger partial charge in [0.1, 0.15) is 29.5 Å². The average Bonchev–Trinajstić information content (AvgIpc) is 3.48. The number of carbonyl (C=O) groups is 4. The normalized spacial score (nSPS) is 17.5. The number of benzene rings is 2. The largest absolute Gasteiger partial charge is 0.494 e. The fourth-order valence-electron chi connectivity index (χ4n) is 4.76. The van der Waals surface area contributed by atoms with Gasteiger partial charge in [-0.3, -0.25) is 14.4 Å². The van der Waals surface area contributed by atoms with Crippen LogP contribution in [0, 0.1) is 5.92 Å². The van der Waals surface area contributed by atoms with Crippen molar-refractivity contribution in [2.45, 2.75) is 64.5 Å². The van der Waals surface area contributed by atoms with Crippen LogP contribution in [-0.2, 0) is 22.4 Å². The summed E-state index contributed by atoms with van der Waals surface area (Å²) < 4.78 is 11.7. The zero-order valence-electron chi connectivity index (χ0n) is 24.2. The maximum absolute atomic E-state index is 13.3. The van der Waals surface area contributed by atoms with Crippen molar-refractivity contribution in [3.8, 4) is 11.5 Å². The van der Waals surface area contributed by atoms with Crippen molar-refractivity contribution in [1.82, 2.24) is 15.6 Å². The highest BCUT2D eigenvalue weighted by Crippen LogP contribution is 2.17. The van der Waals surface area contributed by atoms with E-state index in [4.69, 9.17) is 9.47 Å². The molecule has 4 aliphatic heterocycles. The molecule has 0 fully saturated rings. The van der Waals surface area contributed by atoms with Gasteiger partial charge in [0.25, 0.3) is 5.91 Å². The molecule has 5 heterocycles. The summed E-state index contributed by atoms with van der Waals surface area (Å²) in [6.45, 7) is 5.05. The fourth-order valence-corrected chi connectivity index (χ4v) is 4.76. The van der Waals surface area contributed by atoms with E-state index in [0.717, 1.165) is 36.0 Å². The SMILES string of the molecule is CC(C)CC(C=O)NC(=O)[C@@H]1Cc2ccc(cc2)OCCCCOc2ccc(cc2)CCC(=O)c2ccc([nH]2)C(=O)N1. The number of hydrogen-bond acceptors (Lipinski definition) is 6. The van der Waals surface area contributed by atoms with E-state index < -0.39 is 23.9 Å². The Morgan fingerprint density at radius 2 is 1.48 bits per heavy atom. The second-order valence-corrected chi connectivity index (χ2v) is 11.0. The second-order valence-electron chi connectivity index (χ2n) is 11.0. The molecule has 3 aromatic rings. The maximum Gasteiger partial charge on any atom is 0.268 e. The molecule has 42 heavy (non-hydrogen) atoms. The summed E-state index contributed by atoms with van der Waals surface area (Å²) >= 11 is 0. The van der Waals surface area contributed by atoms with Crippen LogP contribution in [0.4, 0.5) is 0 Å². The standard InChI is InChI=1S/C33H39N3O6/c1-22(2)19-25(21-37)34-33(40)30-20-24-7-12-27(13-8-24)42-18-4-3-17-41-26-10-5-23(6-11-26)9-16-31(38)28-14-15-29(35-28)32(39)36-30/h5-8,10-15,21-22,25,30,35H,3-4,9,16-20H2,1-2H3,(H,34,40)(H,36,39)/t25?,30-/m0/s1. The summed E-state index contributed by atoms with van der Waals surface area (Å²) in [6, 6.07) is 16.6. The lowest BCUT2D eigenvalue weighted by molar-refractivity contribution is -0.125. The Morgan fingerprint density at radius 1 is 0.881 bits per heavy atom. The summed E-state index contributed by atoms with van der Waals surface area (Å²) in [5, 5.41) is 5.56. The van der Waals surface area contributed by atoms with Crippen molar-refractivity contribution < 1.29 is 28.7 Å². The van der Waals surface area contributed by atoms with E-state index in [-0.39, 0.29) is 30.2 Å². The lowest BCUT2D eigenvalue weighted by Crippen LogP contribution is -2.51. The van der Waals surface area contributed by atoms with E-state index in [1.165, 1.54) is 6.07 Å². The van der Waals surface area contributed by atoms with E-state index in [1.807, 2.05) is 62.4 Å². The monoisotopic (exact) mass is 573 g/mol. The van der Waals surface area contributed by atoms with Crippen LogP contribution >= 0.6 is 0 Å². The third kappa shape index (κ3) is 9.06. The number of ether oxygens (including phenoxy) is 2. The van der Waals surface area contributed by atoms with Gasteiger partial charge in [-0.15, -0.1) is 0 Å². The van der Waals surface area contributed by atoms with Crippen LogP contribution in [0.3, 0.4) is 0 Å². The molecule has 6 bridgehead atoms. The summed E-state index contributed by atoms with van der Waals surface area (Å²) in [5.74, 6) is 0.583. The Morgan fingerprint density at radius 3 is 2.07 bits per heavy atom. The summed E-state index contributed by atoms with van der Waals surface area (Å²) in [6.07, 6.45) is 3.88. The molecule has 9 nitrogen and oxygen atoms in total. The average molecular weight is 574 g/mol. The topological polar surface area (TPSA) is 127 Å². The van der Waals surface area contributed by atoms with Crippen molar-refractivity contribution in [3.05, 3.63) is 83.2 Å². The van der Waals surface area contributed by atoms with Crippen molar-refractivity contribution in [3.63, 3.8) is 0 Å². The van der Waals surface area contributed by atoms with Crippen molar-refractivity contribution >= 4 is 23.9 Å². The van der Waals surface area contributed by atoms with E-state index in [1.54, 1.807) is 6.07 Å². The van der Waals surface area contributed by atoms with Crippen LogP contribution in [0.2, 0.25) is 0 Å². The molecule has 2 amide bonds. The van der Waals surface area contributed by atoms with Crippen LogP contribution in [-0.4, -0.2) is 54.2 Å². The molecule has 0 saturated heterocycles. The number of hydrogen-bond donors (Lipinski definition) is 3. The number of aromatic amines is 1. The third-order valence-corrected chi connectivity index (χ3v) is 7.07. The van der Waals surface area contributed by atoms with Crippen molar-refractivity contribution in [1.29, 1.82) is 0 Å². The Balaban J connectivity index is 1.54. The zero-order valence-corrected chi connectivity index (χ0v) is 24.2. The third-order valence-electron chi connectivity index (χ3n) is 7.07. The fraction of sp³-hybridized carbons (Fsp3) is 0.394. The molecule has 2 atom stereocenters. The number of amides is 2. The Kier molecular flexibility index (Phi) is 10.9. The van der Waals surface area contributed by atoms with Crippen molar-refractivity contribution in [2.24, 2.45) is 5.92 Å². The molecule has 3 N–H and O–H groups in total. The number of rotatable bonds is 5. The highest BCUT2D eigenvalue weighted by molar-refractivity contribution is 6.00. The van der Waals surface area contributed by atoms with Crippen molar-refractivity contribution in [2.75, 3.05) is 13.2 Å². The number of aryl methyl sites for hydroxylation is 1. The van der Waals surface area contributed by atoms with Gasteiger partial charge in [0.05, 0.1) is 24.9 Å². The molecule has 1 unspecified atom stereocenters. The molecule has 0 aliphatic carbocycles. The van der Waals surface area contributed by atoms with Crippen LogP contribution in [0.5, 0.6) is 11.5 Å². The van der Waals surface area contributed by atoms with Gasteiger partial charge < -0.3 is 29.9 Å². The van der Waals surface area contributed by atoms with Gasteiger partial charge in [0.15, 0.2) is 5.78 Å². The molecule has 9 heteroatoms. The summed E-state index contributed by atoms with van der Waals surface area (Å²) in [4.78, 5) is 53.9. The van der Waals surface area contributed by atoms with Gasteiger partial charge in [0, 0.05) is 12.8 Å². The molecule has 4 aliphatic rings. The zero-order chi connectivity index (χ0) is 29.9. The highest BCUT2D eigenvalue weighted by atomic mass is 16.5. The van der Waals surface area contributed by atoms with Gasteiger partial charge in [-0.05, 0) is 79.1 Å². The highest BCUT2D eigenvalue weighted by Gasteiger charge is 2.25. The Hall–Kier alpha value is -4.40. The molecule has 1 aromatic heterocycles. The van der Waals surface area contributed by atoms with Crippen LogP contribution < -0.4 is 20.1 Å². The Labute approximate surface area is 246 Å². The number of Topliss-reactive ketones (excluding diaryl/α,β-unsaturated/α-hetero) is 1. The number of aromatic nitrogens is 1. The first-order valence-corrected chi connectivity index (χ1v) is 14.5. The quantitative estimate of drug-likeness (QED) is 0.387. The molecular weight excluding hydrogens is 534 g/mol. The van der Waals surface area contributed by atoms with E-state index in [9.17, 15) is 19.2 Å². The molecule has 0 radical (unpaired) electrons. The van der Waals surface area contributed by atoms with Crippen LogP contribution in [0.1, 0.15) is 71.6 Å². The summed E-state index contributed by atoms with van der Waals surface area (Å²) in [7, 11) is 0. The Bertz CT molecular complexity index is 1350. The van der Waals surface area contributed by atoms with E-state index >= 15 is 0 Å². The van der Waals surface area contributed by atoms with E-state index in [0.29, 0.717) is 37.5 Å². The number of nitrogens with one attached hydrogen (secondary N) is 3. The molecule has 2 aromatic carbocycles. The number of ketones is 1. The number of H-pyrrole nitrogens is 1. The van der Waals surface area contributed by atoms with Gasteiger partial charge in [-0.1, -0.05) is 38.1 Å². The predicted molar refractivity (Wildman–Crippen MR) is 159 cm³/mol. The first kappa shape index (κ1) is 30.6. The number of carbonyl (C=O) groups excluding carboxylic acids is 4. The van der Waals surface area contributed by atoms with Gasteiger partial charge >= 0.3 is 0 Å². The summed E-state index contributed by atoms with van der Waals surface area (Å²) in [5.41, 5.74) is 2.31. The minimum atomic E-state index is -0.949. The van der Waals surface area contributed by atoms with Gasteiger partial charge in [-0.25, -0.2) is 0 Å². The predicted octanol–water partition coefficient (Wildman–Crippen LogP) is 4.45. The molecule has 7 rings (SSSR count). The maximum atomic E-state index is 13.3. The smallest absolute Gasteiger partial charge is 0.268 e. The molecule has 222 valence electrons. The first-order valence-electron chi connectivity index (χ1n) is 14.5. The molecular formula is C33H39N3O6. The van der Waals surface area contributed by atoms with Gasteiger partial charge in [-0.2, -0.15) is 0 Å². The lowest BCUT2D eigenvalue weighted by Gasteiger charge is -2.22. The van der Waals surface area contributed by atoms with Crippen LogP contribution in [0.15, 0.2) is 60.7 Å². The van der Waals surface area contributed by atoms with E-state index in [2.05, 4.69) is 15.6 Å².